The van der Waals surface area contributed by atoms with E-state index >= 15 is 0 Å². The third-order valence-electron chi connectivity index (χ3n) is 4.48. The number of hydrogen-bond acceptors (Lipinski definition) is 3. The quantitative estimate of drug-likeness (QED) is 0.874. The number of carboxylic acid groups (broad SMARTS) is 1. The van der Waals surface area contributed by atoms with Crippen LogP contribution >= 0.6 is 0 Å². The molecule has 2 heterocycles. The van der Waals surface area contributed by atoms with Gasteiger partial charge in [-0.3, -0.25) is 4.79 Å². The highest BCUT2D eigenvalue weighted by molar-refractivity contribution is 5.88. The van der Waals surface area contributed by atoms with E-state index in [1.54, 1.807) is 11.9 Å². The molecular formula is C16H19N3O4. The number of nitrogens with zero attached hydrogens (tertiary/aromatic N) is 3. The van der Waals surface area contributed by atoms with E-state index in [2.05, 4.69) is 0 Å². The maximum atomic E-state index is 12.6. The summed E-state index contributed by atoms with van der Waals surface area (Å²) in [5.41, 5.74) is 1.92. The van der Waals surface area contributed by atoms with E-state index in [4.69, 9.17) is 0 Å². The second-order valence-electron chi connectivity index (χ2n) is 5.97. The number of aliphatic carboxylic acids is 1. The normalized spacial score (nSPS) is 20.7. The van der Waals surface area contributed by atoms with Crippen molar-refractivity contribution in [1.29, 1.82) is 0 Å². The molecule has 0 unspecified atom stereocenters. The lowest BCUT2D eigenvalue weighted by molar-refractivity contribution is -0.151. The predicted molar refractivity (Wildman–Crippen MR) is 81.7 cm³/mol. The Morgan fingerprint density at radius 3 is 2.52 bits per heavy atom. The van der Waals surface area contributed by atoms with Crippen molar-refractivity contribution < 1.29 is 19.5 Å². The topological polar surface area (TPSA) is 81.2 Å². The first-order chi connectivity index (χ1) is 11.0. The molecular weight excluding hydrogens is 298 g/mol. The van der Waals surface area contributed by atoms with E-state index in [1.807, 2.05) is 24.3 Å². The molecule has 0 radical (unpaired) electrons. The smallest absolute Gasteiger partial charge is 0.326 e. The lowest BCUT2D eigenvalue weighted by Gasteiger charge is -2.35. The fraction of sp³-hybridized carbons (Fsp3) is 0.438. The van der Waals surface area contributed by atoms with Crippen molar-refractivity contribution in [3.05, 3.63) is 35.4 Å². The minimum atomic E-state index is -1.02. The summed E-state index contributed by atoms with van der Waals surface area (Å²) in [6.07, 6.45) is 0.297. The van der Waals surface area contributed by atoms with E-state index in [-0.39, 0.29) is 25.0 Å². The molecule has 1 saturated heterocycles. The van der Waals surface area contributed by atoms with Crippen LogP contribution in [0.1, 0.15) is 11.1 Å². The summed E-state index contributed by atoms with van der Waals surface area (Å²) >= 11 is 0. The monoisotopic (exact) mass is 317 g/mol. The van der Waals surface area contributed by atoms with Crippen LogP contribution in [0.25, 0.3) is 0 Å². The lowest BCUT2D eigenvalue weighted by Crippen LogP contribution is -2.51. The van der Waals surface area contributed by atoms with E-state index < -0.39 is 12.0 Å². The highest BCUT2D eigenvalue weighted by Crippen LogP contribution is 2.24. The first kappa shape index (κ1) is 15.3. The van der Waals surface area contributed by atoms with Crippen LogP contribution in [0, 0.1) is 0 Å². The van der Waals surface area contributed by atoms with Gasteiger partial charge < -0.3 is 19.8 Å². The number of carboxylic acids is 1. The first-order valence-corrected chi connectivity index (χ1v) is 7.56. The molecule has 0 aliphatic carbocycles. The summed E-state index contributed by atoms with van der Waals surface area (Å²) in [5, 5.41) is 9.46. The molecule has 0 spiro atoms. The van der Waals surface area contributed by atoms with Crippen molar-refractivity contribution in [2.45, 2.75) is 19.0 Å². The van der Waals surface area contributed by atoms with Gasteiger partial charge in [0.1, 0.15) is 12.6 Å². The molecule has 7 nitrogen and oxygen atoms in total. The maximum Gasteiger partial charge on any atom is 0.326 e. The molecule has 1 aromatic carbocycles. The molecule has 3 rings (SSSR count). The summed E-state index contributed by atoms with van der Waals surface area (Å²) in [5.74, 6) is -1.34. The molecule has 122 valence electrons. The second kappa shape index (κ2) is 5.91. The number of carbonyl (C=O) groups is 3. The molecule has 1 atom stereocenters. The molecule has 0 saturated carbocycles. The van der Waals surface area contributed by atoms with Crippen molar-refractivity contribution in [2.75, 3.05) is 26.7 Å². The number of hydrogen-bond donors (Lipinski definition) is 1. The van der Waals surface area contributed by atoms with Crippen molar-refractivity contribution in [1.82, 2.24) is 14.7 Å². The van der Waals surface area contributed by atoms with Crippen LogP contribution in [-0.4, -0.2) is 70.4 Å². The number of amides is 3. The van der Waals surface area contributed by atoms with Crippen molar-refractivity contribution in [2.24, 2.45) is 0 Å². The fourth-order valence-corrected chi connectivity index (χ4v) is 3.11. The second-order valence-corrected chi connectivity index (χ2v) is 5.97. The van der Waals surface area contributed by atoms with E-state index in [0.717, 1.165) is 11.1 Å². The Kier molecular flexibility index (Phi) is 3.94. The van der Waals surface area contributed by atoms with Gasteiger partial charge >= 0.3 is 12.0 Å². The van der Waals surface area contributed by atoms with Crippen LogP contribution in [0.5, 0.6) is 0 Å². The SMILES string of the molecule is CN1CCN(CC(=O)N2Cc3ccccc3C[C@@H]2C(=O)O)C1=O. The summed E-state index contributed by atoms with van der Waals surface area (Å²) in [6.45, 7) is 1.26. The molecule has 0 aromatic heterocycles. The third kappa shape index (κ3) is 2.86. The zero-order valence-electron chi connectivity index (χ0n) is 12.9. The molecule has 23 heavy (non-hydrogen) atoms. The zero-order chi connectivity index (χ0) is 16.6. The minimum absolute atomic E-state index is 0.0743. The molecule has 7 heteroatoms. The van der Waals surface area contributed by atoms with Gasteiger partial charge in [-0.15, -0.1) is 0 Å². The molecule has 1 N–H and O–H groups in total. The van der Waals surface area contributed by atoms with Gasteiger partial charge in [0, 0.05) is 33.1 Å². The van der Waals surface area contributed by atoms with E-state index in [0.29, 0.717) is 19.5 Å². The van der Waals surface area contributed by atoms with Crippen LogP contribution in [0.3, 0.4) is 0 Å². The summed E-state index contributed by atoms with van der Waals surface area (Å²) in [4.78, 5) is 40.4. The number of carbonyl (C=O) groups excluding carboxylic acids is 2. The van der Waals surface area contributed by atoms with Gasteiger partial charge in [0.15, 0.2) is 0 Å². The van der Waals surface area contributed by atoms with Crippen molar-refractivity contribution >= 4 is 17.9 Å². The number of likely N-dealkylation sites (N-methyl/N-ethyl adjacent to an activating group) is 1. The summed E-state index contributed by atoms with van der Waals surface area (Å²) in [7, 11) is 1.68. The van der Waals surface area contributed by atoms with Crippen molar-refractivity contribution in [3.63, 3.8) is 0 Å². The highest BCUT2D eigenvalue weighted by Gasteiger charge is 2.36. The van der Waals surface area contributed by atoms with Crippen LogP contribution in [0.15, 0.2) is 24.3 Å². The Bertz CT molecular complexity index is 660. The van der Waals surface area contributed by atoms with Crippen LogP contribution in [-0.2, 0) is 22.6 Å². The predicted octanol–water partition coefficient (Wildman–Crippen LogP) is 0.392. The maximum absolute atomic E-state index is 12.6. The van der Waals surface area contributed by atoms with Crippen LogP contribution < -0.4 is 0 Å². The van der Waals surface area contributed by atoms with Crippen LogP contribution in [0.4, 0.5) is 4.79 Å². The summed E-state index contributed by atoms with van der Waals surface area (Å²) < 4.78 is 0. The zero-order valence-corrected chi connectivity index (χ0v) is 12.9. The Labute approximate surface area is 134 Å². The molecule has 1 aromatic rings. The van der Waals surface area contributed by atoms with Gasteiger partial charge in [-0.2, -0.15) is 0 Å². The Morgan fingerprint density at radius 2 is 1.91 bits per heavy atom. The highest BCUT2D eigenvalue weighted by atomic mass is 16.4. The van der Waals surface area contributed by atoms with Gasteiger partial charge in [-0.1, -0.05) is 24.3 Å². The molecule has 0 bridgehead atoms. The molecule has 3 amide bonds. The van der Waals surface area contributed by atoms with Gasteiger partial charge in [0.2, 0.25) is 5.91 Å². The van der Waals surface area contributed by atoms with Gasteiger partial charge in [-0.25, -0.2) is 9.59 Å². The number of rotatable bonds is 3. The lowest BCUT2D eigenvalue weighted by atomic mass is 9.94. The molecule has 2 aliphatic rings. The van der Waals surface area contributed by atoms with Gasteiger partial charge in [0.05, 0.1) is 0 Å². The van der Waals surface area contributed by atoms with Crippen LogP contribution in [0.2, 0.25) is 0 Å². The standard InChI is InChI=1S/C16H19N3O4/c1-17-6-7-18(16(17)23)10-14(20)19-9-12-5-3-2-4-11(12)8-13(19)15(21)22/h2-5,13H,6-10H2,1H3,(H,21,22)/t13-/m1/s1. The minimum Gasteiger partial charge on any atom is -0.480 e. The average molecular weight is 317 g/mol. The largest absolute Gasteiger partial charge is 0.480 e. The van der Waals surface area contributed by atoms with E-state index in [1.165, 1.54) is 9.80 Å². The van der Waals surface area contributed by atoms with Crippen molar-refractivity contribution in [3.8, 4) is 0 Å². The fourth-order valence-electron chi connectivity index (χ4n) is 3.11. The summed E-state index contributed by atoms with van der Waals surface area (Å²) in [6, 6.07) is 6.47. The Morgan fingerprint density at radius 1 is 1.22 bits per heavy atom. The Balaban J connectivity index is 1.78. The van der Waals surface area contributed by atoms with Gasteiger partial charge in [-0.05, 0) is 11.1 Å². The van der Waals surface area contributed by atoms with Gasteiger partial charge in [0.25, 0.3) is 0 Å². The molecule has 2 aliphatic heterocycles. The number of urea groups is 1. The van der Waals surface area contributed by atoms with E-state index in [9.17, 15) is 19.5 Å². The molecule has 1 fully saturated rings. The number of fused-ring (bicyclic) bond motifs is 1. The Hall–Kier alpha value is -2.57. The third-order valence-corrected chi connectivity index (χ3v) is 4.48. The average Bonchev–Trinajstić information content (AvgIpc) is 2.85. The number of benzene rings is 1. The first-order valence-electron chi connectivity index (χ1n) is 7.56.